The quantitative estimate of drug-likeness (QED) is 0.775. The minimum atomic E-state index is -0.925. The van der Waals surface area contributed by atoms with Crippen molar-refractivity contribution < 1.29 is 19.4 Å². The summed E-state index contributed by atoms with van der Waals surface area (Å²) in [4.78, 5) is 32.0. The Morgan fingerprint density at radius 1 is 1.46 bits per heavy atom. The lowest BCUT2D eigenvalue weighted by molar-refractivity contribution is 0.0150. The highest BCUT2D eigenvalue weighted by Gasteiger charge is 2.37. The number of nitrogens with one attached hydrogen (secondary N) is 2. The second-order valence-electron chi connectivity index (χ2n) is 6.61. The summed E-state index contributed by atoms with van der Waals surface area (Å²) in [6.07, 6.45) is 3.60. The lowest BCUT2D eigenvalue weighted by atomic mass is 9.99. The first-order valence-electron chi connectivity index (χ1n) is 8.65. The Hall–Kier alpha value is -3.03. The molecule has 2 aromatic rings. The Labute approximate surface area is 150 Å². The third-order valence-corrected chi connectivity index (χ3v) is 5.05. The number of fused-ring (bicyclic) bond motifs is 1. The molecular formula is C18H20N4O4. The van der Waals surface area contributed by atoms with E-state index in [2.05, 4.69) is 15.3 Å². The van der Waals surface area contributed by atoms with Crippen molar-refractivity contribution in [2.24, 2.45) is 0 Å². The summed E-state index contributed by atoms with van der Waals surface area (Å²) < 4.78 is 6.06. The highest BCUT2D eigenvalue weighted by molar-refractivity contribution is 5.98. The van der Waals surface area contributed by atoms with Crippen LogP contribution in [-0.4, -0.2) is 57.2 Å². The second kappa shape index (κ2) is 6.36. The summed E-state index contributed by atoms with van der Waals surface area (Å²) in [7, 11) is 0. The van der Waals surface area contributed by atoms with Gasteiger partial charge in [0, 0.05) is 37.0 Å². The number of nitrogens with zero attached hydrogens (tertiary/aromatic N) is 2. The fourth-order valence-corrected chi connectivity index (χ4v) is 3.55. The zero-order valence-corrected chi connectivity index (χ0v) is 14.4. The number of carbonyl (C=O) groups is 2. The van der Waals surface area contributed by atoms with Crippen LogP contribution in [0.3, 0.4) is 0 Å². The Bertz CT molecular complexity index is 863. The van der Waals surface area contributed by atoms with Crippen LogP contribution >= 0.6 is 0 Å². The van der Waals surface area contributed by atoms with Crippen LogP contribution in [0.1, 0.15) is 29.4 Å². The van der Waals surface area contributed by atoms with Gasteiger partial charge in [0.05, 0.1) is 23.5 Å². The summed E-state index contributed by atoms with van der Waals surface area (Å²) >= 11 is 0. The van der Waals surface area contributed by atoms with Gasteiger partial charge in [-0.15, -0.1) is 0 Å². The fraction of sp³-hybridized carbons (Fsp3) is 0.389. The van der Waals surface area contributed by atoms with E-state index in [-0.39, 0.29) is 18.1 Å². The second-order valence-corrected chi connectivity index (χ2v) is 6.61. The molecule has 2 amide bonds. The molecule has 8 nitrogen and oxygen atoms in total. The van der Waals surface area contributed by atoms with Crippen molar-refractivity contribution in [3.8, 4) is 17.0 Å². The highest BCUT2D eigenvalue weighted by Crippen LogP contribution is 2.33. The van der Waals surface area contributed by atoms with E-state index in [1.54, 1.807) is 12.4 Å². The van der Waals surface area contributed by atoms with Crippen molar-refractivity contribution in [1.29, 1.82) is 0 Å². The van der Waals surface area contributed by atoms with E-state index >= 15 is 0 Å². The maximum absolute atomic E-state index is 12.0. The van der Waals surface area contributed by atoms with Crippen molar-refractivity contribution in [3.63, 3.8) is 0 Å². The molecule has 0 saturated carbocycles. The molecule has 2 aliphatic rings. The number of rotatable bonds is 4. The molecule has 2 atom stereocenters. The van der Waals surface area contributed by atoms with Crippen LogP contribution in [0.15, 0.2) is 24.5 Å². The zero-order valence-electron chi connectivity index (χ0n) is 14.4. The van der Waals surface area contributed by atoms with Gasteiger partial charge >= 0.3 is 6.09 Å². The summed E-state index contributed by atoms with van der Waals surface area (Å²) in [5.74, 6) is 0.487. The molecule has 0 spiro atoms. The topological polar surface area (TPSA) is 108 Å². The van der Waals surface area contributed by atoms with Crippen molar-refractivity contribution in [2.45, 2.75) is 31.9 Å². The molecule has 8 heteroatoms. The average molecular weight is 356 g/mol. The average Bonchev–Trinajstić information content (AvgIpc) is 2.99. The van der Waals surface area contributed by atoms with Gasteiger partial charge in [-0.05, 0) is 25.5 Å². The molecule has 136 valence electrons. The molecule has 1 saturated heterocycles. The molecule has 0 aromatic carbocycles. The third kappa shape index (κ3) is 2.77. The number of H-pyrrole nitrogens is 1. The van der Waals surface area contributed by atoms with E-state index < -0.39 is 6.09 Å². The Morgan fingerprint density at radius 2 is 2.31 bits per heavy atom. The minimum Gasteiger partial charge on any atom is -0.486 e. The zero-order chi connectivity index (χ0) is 18.3. The Balaban J connectivity index is 1.60. The normalized spacial score (nSPS) is 20.0. The molecule has 26 heavy (non-hydrogen) atoms. The Morgan fingerprint density at radius 3 is 3.00 bits per heavy atom. The molecule has 0 aliphatic carbocycles. The monoisotopic (exact) mass is 356 g/mol. The predicted octanol–water partition coefficient (Wildman–Crippen LogP) is 1.88. The number of pyridine rings is 1. The summed E-state index contributed by atoms with van der Waals surface area (Å²) in [5, 5.41) is 12.0. The number of hydrogen-bond acceptors (Lipinski definition) is 4. The smallest absolute Gasteiger partial charge is 0.407 e. The number of carbonyl (C=O) groups excluding carboxylic acids is 1. The van der Waals surface area contributed by atoms with Crippen molar-refractivity contribution >= 4 is 12.0 Å². The standard InChI is InChI=1S/C18H20N4O4/c1-10(15-4-7-22(15)18(24)25)26-16-9-19-5-2-11(16)14-8-12-13(21-14)3-6-20-17(12)23/h2,5,8-10,15,21H,3-4,6-7H2,1H3,(H,20,23)(H,24,25)/t10-,15+/m0/s1. The number of likely N-dealkylation sites (tertiary alicyclic amines) is 1. The maximum Gasteiger partial charge on any atom is 0.407 e. The SMILES string of the molecule is C[C@H](Oc1cnccc1-c1cc2c([nH]1)CCNC2=O)[C@H]1CCN1C(=O)O. The van der Waals surface area contributed by atoms with Gasteiger partial charge in [0.1, 0.15) is 11.9 Å². The molecule has 0 bridgehead atoms. The molecule has 2 aliphatic heterocycles. The van der Waals surface area contributed by atoms with Crippen LogP contribution in [-0.2, 0) is 6.42 Å². The van der Waals surface area contributed by atoms with E-state index in [1.165, 1.54) is 4.90 Å². The minimum absolute atomic E-state index is 0.0785. The third-order valence-electron chi connectivity index (χ3n) is 5.05. The lowest BCUT2D eigenvalue weighted by Crippen LogP contribution is -2.56. The van der Waals surface area contributed by atoms with Gasteiger partial charge in [0.2, 0.25) is 0 Å². The summed E-state index contributed by atoms with van der Waals surface area (Å²) in [5.41, 5.74) is 3.16. The molecule has 0 radical (unpaired) electrons. The van der Waals surface area contributed by atoms with Crippen molar-refractivity contribution in [2.75, 3.05) is 13.1 Å². The van der Waals surface area contributed by atoms with Gasteiger partial charge < -0.3 is 25.0 Å². The van der Waals surface area contributed by atoms with E-state index in [1.807, 2.05) is 19.1 Å². The highest BCUT2D eigenvalue weighted by atomic mass is 16.5. The van der Waals surface area contributed by atoms with Crippen LogP contribution in [0.4, 0.5) is 4.79 Å². The number of carboxylic acid groups (broad SMARTS) is 1. The molecule has 1 fully saturated rings. The number of ether oxygens (including phenoxy) is 1. The first-order valence-corrected chi connectivity index (χ1v) is 8.65. The van der Waals surface area contributed by atoms with Crippen LogP contribution in [0, 0.1) is 0 Å². The van der Waals surface area contributed by atoms with Crippen LogP contribution < -0.4 is 10.1 Å². The van der Waals surface area contributed by atoms with E-state index in [4.69, 9.17) is 4.74 Å². The summed E-state index contributed by atoms with van der Waals surface area (Å²) in [6.45, 7) is 3.02. The predicted molar refractivity (Wildman–Crippen MR) is 93.3 cm³/mol. The van der Waals surface area contributed by atoms with Crippen LogP contribution in [0.2, 0.25) is 0 Å². The van der Waals surface area contributed by atoms with Gasteiger partial charge in [-0.2, -0.15) is 0 Å². The van der Waals surface area contributed by atoms with Gasteiger partial charge in [0.25, 0.3) is 5.91 Å². The molecular weight excluding hydrogens is 336 g/mol. The van der Waals surface area contributed by atoms with Crippen LogP contribution in [0.5, 0.6) is 5.75 Å². The largest absolute Gasteiger partial charge is 0.486 e. The van der Waals surface area contributed by atoms with Gasteiger partial charge in [-0.3, -0.25) is 9.78 Å². The molecule has 0 unspecified atom stereocenters. The van der Waals surface area contributed by atoms with Gasteiger partial charge in [-0.1, -0.05) is 0 Å². The fourth-order valence-electron chi connectivity index (χ4n) is 3.55. The van der Waals surface area contributed by atoms with Gasteiger partial charge in [-0.25, -0.2) is 4.79 Å². The van der Waals surface area contributed by atoms with E-state index in [0.29, 0.717) is 24.4 Å². The molecule has 2 aromatic heterocycles. The summed E-state index contributed by atoms with van der Waals surface area (Å²) in [6, 6.07) is 3.49. The van der Waals surface area contributed by atoms with E-state index in [0.717, 1.165) is 29.8 Å². The lowest BCUT2D eigenvalue weighted by Gasteiger charge is -2.42. The van der Waals surface area contributed by atoms with Gasteiger partial charge in [0.15, 0.2) is 0 Å². The Kier molecular flexibility index (Phi) is 4.02. The number of hydrogen-bond donors (Lipinski definition) is 3. The van der Waals surface area contributed by atoms with Crippen molar-refractivity contribution in [3.05, 3.63) is 35.8 Å². The number of aromatic nitrogens is 2. The van der Waals surface area contributed by atoms with Crippen molar-refractivity contribution in [1.82, 2.24) is 20.2 Å². The first-order chi connectivity index (χ1) is 12.5. The first kappa shape index (κ1) is 16.4. The number of amides is 2. The van der Waals surface area contributed by atoms with E-state index in [9.17, 15) is 14.7 Å². The van der Waals surface area contributed by atoms with Crippen LogP contribution in [0.25, 0.3) is 11.3 Å². The molecule has 3 N–H and O–H groups in total. The number of aromatic amines is 1. The molecule has 4 heterocycles. The maximum atomic E-state index is 12.0. The molecule has 4 rings (SSSR count).